The van der Waals surface area contributed by atoms with Gasteiger partial charge in [0, 0.05) is 19.6 Å². The van der Waals surface area contributed by atoms with E-state index in [1.54, 1.807) is 0 Å². The van der Waals surface area contributed by atoms with Crippen LogP contribution in [0.5, 0.6) is 0 Å². The SMILES string of the molecule is CC(C)(C)OC(=O)NCCCN.NCCN. The summed E-state index contributed by atoms with van der Waals surface area (Å²) in [5.74, 6) is 0. The van der Waals surface area contributed by atoms with Crippen LogP contribution in [0.2, 0.25) is 0 Å². The minimum atomic E-state index is -0.424. The van der Waals surface area contributed by atoms with Crippen molar-refractivity contribution in [1.82, 2.24) is 5.32 Å². The first kappa shape index (κ1) is 17.5. The molecular formula is C10H26N4O2. The number of carbonyl (C=O) groups excluding carboxylic acids is 1. The van der Waals surface area contributed by atoms with Crippen LogP contribution >= 0.6 is 0 Å². The second-order valence-electron chi connectivity index (χ2n) is 4.15. The molecule has 6 nitrogen and oxygen atoms in total. The zero-order valence-corrected chi connectivity index (χ0v) is 10.6. The molecular weight excluding hydrogens is 208 g/mol. The molecule has 0 rings (SSSR count). The Hall–Kier alpha value is -0.850. The normalized spacial score (nSPS) is 10.1. The maximum atomic E-state index is 11.0. The Bertz CT molecular complexity index is 167. The number of rotatable bonds is 4. The van der Waals surface area contributed by atoms with Crippen molar-refractivity contribution in [2.75, 3.05) is 26.2 Å². The predicted molar refractivity (Wildman–Crippen MR) is 66.0 cm³/mol. The minimum Gasteiger partial charge on any atom is -0.444 e. The third-order valence-electron chi connectivity index (χ3n) is 1.22. The fraction of sp³-hybridized carbons (Fsp3) is 0.900. The van der Waals surface area contributed by atoms with Crippen LogP contribution in [0.1, 0.15) is 27.2 Å². The van der Waals surface area contributed by atoms with Gasteiger partial charge in [-0.1, -0.05) is 0 Å². The number of nitrogens with one attached hydrogen (secondary N) is 1. The van der Waals surface area contributed by atoms with Gasteiger partial charge in [-0.15, -0.1) is 0 Å². The van der Waals surface area contributed by atoms with E-state index in [4.69, 9.17) is 21.9 Å². The second kappa shape index (κ2) is 10.7. The number of nitrogens with two attached hydrogens (primary N) is 3. The summed E-state index contributed by atoms with van der Waals surface area (Å²) in [5, 5.41) is 2.60. The first-order valence-corrected chi connectivity index (χ1v) is 5.44. The highest BCUT2D eigenvalue weighted by Crippen LogP contribution is 2.05. The summed E-state index contributed by atoms with van der Waals surface area (Å²) in [4.78, 5) is 11.0. The number of carbonyl (C=O) groups is 1. The molecule has 0 aromatic heterocycles. The van der Waals surface area contributed by atoms with Gasteiger partial charge < -0.3 is 27.3 Å². The molecule has 0 fully saturated rings. The Morgan fingerprint density at radius 3 is 1.94 bits per heavy atom. The van der Waals surface area contributed by atoms with Crippen LogP contribution in [0, 0.1) is 0 Å². The van der Waals surface area contributed by atoms with Crippen molar-refractivity contribution in [2.24, 2.45) is 17.2 Å². The van der Waals surface area contributed by atoms with Gasteiger partial charge in [0.2, 0.25) is 0 Å². The number of ether oxygens (including phenoxy) is 1. The summed E-state index contributed by atoms with van der Waals surface area (Å²) in [6, 6.07) is 0. The number of hydrogen-bond acceptors (Lipinski definition) is 5. The lowest BCUT2D eigenvalue weighted by atomic mass is 10.2. The van der Waals surface area contributed by atoms with E-state index in [0.29, 0.717) is 26.2 Å². The highest BCUT2D eigenvalue weighted by Gasteiger charge is 2.14. The van der Waals surface area contributed by atoms with Gasteiger partial charge in [0.1, 0.15) is 5.60 Å². The summed E-state index contributed by atoms with van der Waals surface area (Å²) in [6.07, 6.45) is 0.398. The maximum absolute atomic E-state index is 11.0. The number of amides is 1. The summed E-state index contributed by atoms with van der Waals surface area (Å²) < 4.78 is 4.99. The maximum Gasteiger partial charge on any atom is 0.407 e. The molecule has 0 heterocycles. The van der Waals surface area contributed by atoms with Crippen molar-refractivity contribution in [2.45, 2.75) is 32.8 Å². The molecule has 0 saturated carbocycles. The van der Waals surface area contributed by atoms with Gasteiger partial charge >= 0.3 is 6.09 Å². The van der Waals surface area contributed by atoms with Gasteiger partial charge in [0.15, 0.2) is 0 Å². The summed E-state index contributed by atoms with van der Waals surface area (Å²) in [5.41, 5.74) is 14.6. The van der Waals surface area contributed by atoms with Crippen LogP contribution in [-0.2, 0) is 4.74 Å². The molecule has 0 aromatic carbocycles. The monoisotopic (exact) mass is 234 g/mol. The molecule has 0 saturated heterocycles. The van der Waals surface area contributed by atoms with Crippen LogP contribution in [0.25, 0.3) is 0 Å². The summed E-state index contributed by atoms with van der Waals surface area (Å²) in [7, 11) is 0. The molecule has 0 aliphatic heterocycles. The van der Waals surface area contributed by atoms with Crippen molar-refractivity contribution < 1.29 is 9.53 Å². The van der Waals surface area contributed by atoms with E-state index in [0.717, 1.165) is 6.42 Å². The standard InChI is InChI=1S/C8H18N2O2.C2H8N2/c1-8(2,3)12-7(11)10-6-4-5-9;3-1-2-4/h4-6,9H2,1-3H3,(H,10,11);1-4H2. The third kappa shape index (κ3) is 18.8. The van der Waals surface area contributed by atoms with Gasteiger partial charge in [0.05, 0.1) is 0 Å². The Balaban J connectivity index is 0. The van der Waals surface area contributed by atoms with E-state index < -0.39 is 5.60 Å². The average Bonchev–Trinajstić information content (AvgIpc) is 2.16. The molecule has 0 atom stereocenters. The van der Waals surface area contributed by atoms with Crippen LogP contribution in [-0.4, -0.2) is 37.9 Å². The molecule has 0 spiro atoms. The fourth-order valence-electron chi connectivity index (χ4n) is 0.607. The van der Waals surface area contributed by atoms with Crippen LogP contribution in [0.3, 0.4) is 0 Å². The lowest BCUT2D eigenvalue weighted by Crippen LogP contribution is -2.33. The molecule has 0 aliphatic rings. The molecule has 0 unspecified atom stereocenters. The number of hydrogen-bond donors (Lipinski definition) is 4. The Labute approximate surface area is 97.9 Å². The summed E-state index contributed by atoms with van der Waals surface area (Å²) in [6.45, 7) is 7.84. The van der Waals surface area contributed by atoms with Gasteiger partial charge in [-0.2, -0.15) is 0 Å². The number of alkyl carbamates (subject to hydrolysis) is 1. The molecule has 0 radical (unpaired) electrons. The Morgan fingerprint density at radius 2 is 1.62 bits per heavy atom. The molecule has 0 bridgehead atoms. The molecule has 1 amide bonds. The fourth-order valence-corrected chi connectivity index (χ4v) is 0.607. The quantitative estimate of drug-likeness (QED) is 0.501. The zero-order chi connectivity index (χ0) is 13.0. The van der Waals surface area contributed by atoms with E-state index >= 15 is 0 Å². The third-order valence-corrected chi connectivity index (χ3v) is 1.22. The van der Waals surface area contributed by atoms with Gasteiger partial charge in [-0.05, 0) is 33.7 Å². The van der Waals surface area contributed by atoms with Crippen molar-refractivity contribution in [3.63, 3.8) is 0 Å². The molecule has 0 aromatic rings. The zero-order valence-electron chi connectivity index (χ0n) is 10.6. The molecule has 16 heavy (non-hydrogen) atoms. The summed E-state index contributed by atoms with van der Waals surface area (Å²) >= 11 is 0. The van der Waals surface area contributed by atoms with Crippen molar-refractivity contribution in [3.05, 3.63) is 0 Å². The Kier molecular flexibility index (Phi) is 11.7. The average molecular weight is 234 g/mol. The van der Waals surface area contributed by atoms with Crippen molar-refractivity contribution in [1.29, 1.82) is 0 Å². The largest absolute Gasteiger partial charge is 0.444 e. The smallest absolute Gasteiger partial charge is 0.407 e. The second-order valence-corrected chi connectivity index (χ2v) is 4.15. The lowest BCUT2D eigenvalue weighted by molar-refractivity contribution is 0.0527. The molecule has 6 heteroatoms. The van der Waals surface area contributed by atoms with Crippen LogP contribution in [0.4, 0.5) is 4.79 Å². The van der Waals surface area contributed by atoms with Gasteiger partial charge in [0.25, 0.3) is 0 Å². The van der Waals surface area contributed by atoms with Gasteiger partial charge in [-0.3, -0.25) is 0 Å². The van der Waals surface area contributed by atoms with Crippen LogP contribution < -0.4 is 22.5 Å². The first-order valence-electron chi connectivity index (χ1n) is 5.44. The van der Waals surface area contributed by atoms with E-state index in [1.807, 2.05) is 20.8 Å². The van der Waals surface area contributed by atoms with E-state index in [9.17, 15) is 4.79 Å². The van der Waals surface area contributed by atoms with Crippen LogP contribution in [0.15, 0.2) is 0 Å². The van der Waals surface area contributed by atoms with E-state index in [2.05, 4.69) is 5.32 Å². The highest BCUT2D eigenvalue weighted by molar-refractivity contribution is 5.67. The van der Waals surface area contributed by atoms with Crippen molar-refractivity contribution in [3.8, 4) is 0 Å². The highest BCUT2D eigenvalue weighted by atomic mass is 16.6. The van der Waals surface area contributed by atoms with Gasteiger partial charge in [-0.25, -0.2) is 4.79 Å². The Morgan fingerprint density at radius 1 is 1.12 bits per heavy atom. The lowest BCUT2D eigenvalue weighted by Gasteiger charge is -2.19. The molecule has 98 valence electrons. The molecule has 7 N–H and O–H groups in total. The molecule has 0 aliphatic carbocycles. The topological polar surface area (TPSA) is 116 Å². The minimum absolute atomic E-state index is 0.379. The predicted octanol–water partition coefficient (Wildman–Crippen LogP) is -0.236. The van der Waals surface area contributed by atoms with Crippen molar-refractivity contribution >= 4 is 6.09 Å². The van der Waals surface area contributed by atoms with E-state index in [-0.39, 0.29) is 6.09 Å². The first-order chi connectivity index (χ1) is 7.37. The van der Waals surface area contributed by atoms with E-state index in [1.165, 1.54) is 0 Å².